The molecule has 1 rings (SSSR count). The summed E-state index contributed by atoms with van der Waals surface area (Å²) >= 11 is 0. The Labute approximate surface area is 118 Å². The van der Waals surface area contributed by atoms with Crippen LogP contribution in [0.25, 0.3) is 0 Å². The molecule has 0 aliphatic heterocycles. The molecule has 0 saturated carbocycles. The van der Waals surface area contributed by atoms with E-state index in [0.29, 0.717) is 6.04 Å². The average molecular weight is 263 g/mol. The minimum Gasteiger partial charge on any atom is -0.379 e. The van der Waals surface area contributed by atoms with Crippen LogP contribution in [0.3, 0.4) is 0 Å². The molecule has 2 atom stereocenters. The summed E-state index contributed by atoms with van der Waals surface area (Å²) in [4.78, 5) is 0. The van der Waals surface area contributed by atoms with Gasteiger partial charge < -0.3 is 10.1 Å². The van der Waals surface area contributed by atoms with E-state index in [2.05, 4.69) is 58.1 Å². The Morgan fingerprint density at radius 1 is 1.21 bits per heavy atom. The van der Waals surface area contributed by atoms with E-state index in [0.717, 1.165) is 6.42 Å². The number of rotatable bonds is 5. The smallest absolute Gasteiger partial charge is 0.0775 e. The van der Waals surface area contributed by atoms with Crippen molar-refractivity contribution in [2.24, 2.45) is 5.41 Å². The molecule has 0 aromatic heterocycles. The quantitative estimate of drug-likeness (QED) is 0.878. The highest BCUT2D eigenvalue weighted by atomic mass is 16.5. The minimum atomic E-state index is 0.125. The van der Waals surface area contributed by atoms with Crippen LogP contribution >= 0.6 is 0 Å². The number of methoxy groups -OCH3 is 1. The molecule has 0 heterocycles. The van der Waals surface area contributed by atoms with Gasteiger partial charge in [0, 0.05) is 13.2 Å². The Balaban J connectivity index is 2.95. The maximum Gasteiger partial charge on any atom is 0.0775 e. The summed E-state index contributed by atoms with van der Waals surface area (Å²) in [5, 5.41) is 3.43. The van der Waals surface area contributed by atoms with Crippen LogP contribution < -0.4 is 5.32 Å². The number of likely N-dealkylation sites (N-methyl/N-ethyl adjacent to an activating group) is 1. The zero-order chi connectivity index (χ0) is 14.6. The second kappa shape index (κ2) is 6.53. The molecule has 0 radical (unpaired) electrons. The van der Waals surface area contributed by atoms with Crippen molar-refractivity contribution in [1.82, 2.24) is 5.32 Å². The van der Waals surface area contributed by atoms with Gasteiger partial charge in [0.2, 0.25) is 0 Å². The van der Waals surface area contributed by atoms with Gasteiger partial charge in [0.05, 0.1) is 6.10 Å². The van der Waals surface area contributed by atoms with Gasteiger partial charge in [0.1, 0.15) is 0 Å². The summed E-state index contributed by atoms with van der Waals surface area (Å²) in [6.07, 6.45) is 1.19. The lowest BCUT2D eigenvalue weighted by molar-refractivity contribution is -0.00924. The molecule has 0 fully saturated rings. The third kappa shape index (κ3) is 4.32. The highest BCUT2D eigenvalue weighted by Crippen LogP contribution is 2.26. The fourth-order valence-corrected chi connectivity index (χ4v) is 2.74. The molecule has 19 heavy (non-hydrogen) atoms. The first kappa shape index (κ1) is 16.2. The number of benzene rings is 1. The lowest BCUT2D eigenvalue weighted by Crippen LogP contribution is -2.47. The summed E-state index contributed by atoms with van der Waals surface area (Å²) < 4.78 is 5.75. The molecular weight excluding hydrogens is 234 g/mol. The molecule has 2 unspecified atom stereocenters. The molecule has 0 saturated heterocycles. The van der Waals surface area contributed by atoms with Crippen molar-refractivity contribution in [3.8, 4) is 0 Å². The van der Waals surface area contributed by atoms with Gasteiger partial charge in [-0.25, -0.2) is 0 Å². The molecule has 2 nitrogen and oxygen atoms in total. The Morgan fingerprint density at radius 3 is 2.32 bits per heavy atom. The molecule has 1 N–H and O–H groups in total. The van der Waals surface area contributed by atoms with Crippen molar-refractivity contribution in [2.45, 2.75) is 53.2 Å². The first-order chi connectivity index (χ1) is 8.79. The largest absolute Gasteiger partial charge is 0.379 e. The number of hydrogen-bond acceptors (Lipinski definition) is 2. The molecule has 108 valence electrons. The SMILES string of the molecule is CNC(Cc1cc(C)ccc1C)C(OC)C(C)(C)C. The van der Waals surface area contributed by atoms with Crippen molar-refractivity contribution >= 4 is 0 Å². The Bertz CT molecular complexity index is 406. The van der Waals surface area contributed by atoms with E-state index in [1.54, 1.807) is 0 Å². The van der Waals surface area contributed by atoms with Gasteiger partial charge in [-0.1, -0.05) is 44.5 Å². The van der Waals surface area contributed by atoms with Gasteiger partial charge in [-0.05, 0) is 43.9 Å². The molecular formula is C17H29NO. The van der Waals surface area contributed by atoms with Crippen LogP contribution in [0.4, 0.5) is 0 Å². The van der Waals surface area contributed by atoms with Crippen LogP contribution in [0.2, 0.25) is 0 Å². The molecule has 0 aliphatic rings. The van der Waals surface area contributed by atoms with E-state index in [4.69, 9.17) is 4.74 Å². The predicted molar refractivity (Wildman–Crippen MR) is 82.7 cm³/mol. The molecule has 1 aromatic carbocycles. The van der Waals surface area contributed by atoms with Crippen molar-refractivity contribution in [2.75, 3.05) is 14.2 Å². The van der Waals surface area contributed by atoms with Gasteiger partial charge in [-0.2, -0.15) is 0 Å². The maximum atomic E-state index is 5.75. The van der Waals surface area contributed by atoms with Gasteiger partial charge >= 0.3 is 0 Å². The third-order valence-electron chi connectivity index (χ3n) is 3.79. The summed E-state index contributed by atoms with van der Waals surface area (Å²) in [7, 11) is 3.83. The van der Waals surface area contributed by atoms with Crippen molar-refractivity contribution in [3.05, 3.63) is 34.9 Å². The van der Waals surface area contributed by atoms with Crippen LogP contribution in [-0.2, 0) is 11.2 Å². The topological polar surface area (TPSA) is 21.3 Å². The molecule has 2 heteroatoms. The highest BCUT2D eigenvalue weighted by Gasteiger charge is 2.31. The van der Waals surface area contributed by atoms with Gasteiger partial charge in [-0.15, -0.1) is 0 Å². The van der Waals surface area contributed by atoms with Crippen LogP contribution in [-0.4, -0.2) is 26.3 Å². The Morgan fingerprint density at radius 2 is 1.84 bits per heavy atom. The first-order valence-electron chi connectivity index (χ1n) is 7.05. The molecule has 0 spiro atoms. The third-order valence-corrected chi connectivity index (χ3v) is 3.79. The van der Waals surface area contributed by atoms with E-state index < -0.39 is 0 Å². The van der Waals surface area contributed by atoms with E-state index in [1.807, 2.05) is 14.2 Å². The number of ether oxygens (including phenoxy) is 1. The molecule has 0 bridgehead atoms. The van der Waals surface area contributed by atoms with Gasteiger partial charge in [0.25, 0.3) is 0 Å². The maximum absolute atomic E-state index is 5.75. The fourth-order valence-electron chi connectivity index (χ4n) is 2.74. The van der Waals surface area contributed by atoms with E-state index >= 15 is 0 Å². The van der Waals surface area contributed by atoms with Crippen LogP contribution in [0.1, 0.15) is 37.5 Å². The molecule has 0 aliphatic carbocycles. The second-order valence-corrected chi connectivity index (χ2v) is 6.55. The van der Waals surface area contributed by atoms with Crippen molar-refractivity contribution in [1.29, 1.82) is 0 Å². The Kier molecular flexibility index (Phi) is 5.57. The zero-order valence-corrected chi connectivity index (χ0v) is 13.5. The monoisotopic (exact) mass is 263 g/mol. The minimum absolute atomic E-state index is 0.125. The summed E-state index contributed by atoms with van der Waals surface area (Å²) in [6, 6.07) is 6.99. The van der Waals surface area contributed by atoms with Crippen LogP contribution in [0.5, 0.6) is 0 Å². The van der Waals surface area contributed by atoms with Crippen molar-refractivity contribution < 1.29 is 4.74 Å². The van der Waals surface area contributed by atoms with E-state index in [-0.39, 0.29) is 11.5 Å². The summed E-state index contributed by atoms with van der Waals surface area (Å²) in [5.74, 6) is 0. The number of hydrogen-bond donors (Lipinski definition) is 1. The second-order valence-electron chi connectivity index (χ2n) is 6.55. The number of nitrogens with one attached hydrogen (secondary N) is 1. The number of aryl methyl sites for hydroxylation is 2. The average Bonchev–Trinajstić information content (AvgIpc) is 2.31. The molecule has 0 amide bonds. The standard InChI is InChI=1S/C17H29NO/c1-12-8-9-13(2)14(10-12)11-15(18-6)16(19-7)17(3,4)5/h8-10,15-16,18H,11H2,1-7H3. The summed E-state index contributed by atoms with van der Waals surface area (Å²) in [5.41, 5.74) is 4.21. The normalized spacial score (nSPS) is 15.3. The van der Waals surface area contributed by atoms with E-state index in [1.165, 1.54) is 16.7 Å². The van der Waals surface area contributed by atoms with Crippen molar-refractivity contribution in [3.63, 3.8) is 0 Å². The lowest BCUT2D eigenvalue weighted by Gasteiger charge is -2.36. The predicted octanol–water partition coefficient (Wildman–Crippen LogP) is 3.50. The fraction of sp³-hybridized carbons (Fsp3) is 0.647. The Hall–Kier alpha value is -0.860. The molecule has 1 aromatic rings. The van der Waals surface area contributed by atoms with Gasteiger partial charge in [-0.3, -0.25) is 0 Å². The zero-order valence-electron chi connectivity index (χ0n) is 13.5. The lowest BCUT2D eigenvalue weighted by atomic mass is 9.82. The first-order valence-corrected chi connectivity index (χ1v) is 7.05. The van der Waals surface area contributed by atoms with Crippen LogP contribution in [0, 0.1) is 19.3 Å². The van der Waals surface area contributed by atoms with E-state index in [9.17, 15) is 0 Å². The summed E-state index contributed by atoms with van der Waals surface area (Å²) in [6.45, 7) is 11.0. The van der Waals surface area contributed by atoms with Gasteiger partial charge in [0.15, 0.2) is 0 Å². The highest BCUT2D eigenvalue weighted by molar-refractivity contribution is 5.31. The van der Waals surface area contributed by atoms with Crippen LogP contribution in [0.15, 0.2) is 18.2 Å².